The van der Waals surface area contributed by atoms with E-state index in [-0.39, 0.29) is 5.69 Å². The van der Waals surface area contributed by atoms with Gasteiger partial charge in [0.15, 0.2) is 11.6 Å². The van der Waals surface area contributed by atoms with Gasteiger partial charge in [0, 0.05) is 0 Å². The number of carbonyl (C=O) groups is 2. The number of nitrogen functional groups attached to an aromatic ring is 1. The Hall–Kier alpha value is -2.38. The van der Waals surface area contributed by atoms with Crippen LogP contribution in [-0.4, -0.2) is 23.7 Å². The normalized spacial score (nSPS) is 9.76. The Morgan fingerprint density at radius 2 is 2.00 bits per heavy atom. The smallest absolute Gasteiger partial charge is 0.405 e. The zero-order valence-corrected chi connectivity index (χ0v) is 8.46. The Kier molecular flexibility index (Phi) is 3.81. The van der Waals surface area contributed by atoms with Gasteiger partial charge in [-0.3, -0.25) is 4.79 Å². The van der Waals surface area contributed by atoms with Crippen molar-refractivity contribution in [1.29, 1.82) is 0 Å². The molecule has 17 heavy (non-hydrogen) atoms. The molecule has 8 heteroatoms. The van der Waals surface area contributed by atoms with Crippen molar-refractivity contribution in [3.05, 3.63) is 23.8 Å². The molecule has 1 aromatic carbocycles. The minimum Gasteiger partial charge on any atom is -0.465 e. The number of benzene rings is 1. The van der Waals surface area contributed by atoms with E-state index >= 15 is 0 Å². The van der Waals surface area contributed by atoms with Gasteiger partial charge in [-0.15, -0.1) is 0 Å². The highest BCUT2D eigenvalue weighted by molar-refractivity contribution is 5.96. The Labute approximate surface area is 94.4 Å². The molecule has 6 nitrogen and oxygen atoms in total. The number of nitrogens with two attached hydrogens (primary N) is 1. The number of halogens is 2. The summed E-state index contributed by atoms with van der Waals surface area (Å²) >= 11 is 0. The first kappa shape index (κ1) is 12.7. The molecule has 2 amide bonds. The van der Waals surface area contributed by atoms with Crippen molar-refractivity contribution in [1.82, 2.24) is 5.32 Å². The first-order valence-electron chi connectivity index (χ1n) is 4.42. The van der Waals surface area contributed by atoms with Gasteiger partial charge in [0.2, 0.25) is 5.91 Å². The van der Waals surface area contributed by atoms with Crippen molar-refractivity contribution in [2.24, 2.45) is 0 Å². The second-order valence-electron chi connectivity index (χ2n) is 3.03. The van der Waals surface area contributed by atoms with Crippen LogP contribution >= 0.6 is 0 Å². The molecule has 1 aromatic rings. The van der Waals surface area contributed by atoms with Crippen LogP contribution in [0.4, 0.5) is 25.0 Å². The Balaban J connectivity index is 2.72. The average molecular weight is 245 g/mol. The summed E-state index contributed by atoms with van der Waals surface area (Å²) in [6.45, 7) is -0.520. The van der Waals surface area contributed by atoms with Crippen molar-refractivity contribution in [2.75, 3.05) is 17.6 Å². The van der Waals surface area contributed by atoms with Gasteiger partial charge in [-0.05, 0) is 12.1 Å². The summed E-state index contributed by atoms with van der Waals surface area (Å²) in [5, 5.41) is 12.2. The Morgan fingerprint density at radius 3 is 2.59 bits per heavy atom. The zero-order chi connectivity index (χ0) is 13.0. The maximum absolute atomic E-state index is 13.0. The van der Waals surface area contributed by atoms with Crippen LogP contribution in [0.2, 0.25) is 0 Å². The van der Waals surface area contributed by atoms with Crippen LogP contribution in [0.5, 0.6) is 0 Å². The number of hydrogen-bond acceptors (Lipinski definition) is 3. The number of amides is 2. The highest BCUT2D eigenvalue weighted by atomic mass is 19.2. The maximum atomic E-state index is 13.0. The van der Waals surface area contributed by atoms with E-state index in [0.29, 0.717) is 0 Å². The van der Waals surface area contributed by atoms with Crippen LogP contribution in [0.3, 0.4) is 0 Å². The predicted molar refractivity (Wildman–Crippen MR) is 55.4 cm³/mol. The molecule has 0 aliphatic rings. The average Bonchev–Trinajstić information content (AvgIpc) is 2.27. The van der Waals surface area contributed by atoms with E-state index in [4.69, 9.17) is 10.8 Å². The van der Waals surface area contributed by atoms with Gasteiger partial charge < -0.3 is 21.5 Å². The van der Waals surface area contributed by atoms with Gasteiger partial charge in [-0.25, -0.2) is 13.6 Å². The van der Waals surface area contributed by atoms with Gasteiger partial charge in [0.05, 0.1) is 11.4 Å². The van der Waals surface area contributed by atoms with Gasteiger partial charge in [-0.1, -0.05) is 0 Å². The lowest BCUT2D eigenvalue weighted by Gasteiger charge is -2.08. The van der Waals surface area contributed by atoms with E-state index in [9.17, 15) is 18.4 Å². The summed E-state index contributed by atoms with van der Waals surface area (Å²) < 4.78 is 25.7. The maximum Gasteiger partial charge on any atom is 0.405 e. The molecule has 0 aromatic heterocycles. The van der Waals surface area contributed by atoms with Gasteiger partial charge in [-0.2, -0.15) is 0 Å². The fraction of sp³-hybridized carbons (Fsp3) is 0.111. The molecule has 0 spiro atoms. The fourth-order valence-corrected chi connectivity index (χ4v) is 1.03. The second kappa shape index (κ2) is 5.10. The van der Waals surface area contributed by atoms with Crippen molar-refractivity contribution in [3.8, 4) is 0 Å². The van der Waals surface area contributed by atoms with Crippen LogP contribution < -0.4 is 16.4 Å². The molecule has 1 rings (SSSR count). The van der Waals surface area contributed by atoms with Crippen LogP contribution in [0, 0.1) is 11.6 Å². The molecular weight excluding hydrogens is 236 g/mol. The van der Waals surface area contributed by atoms with Gasteiger partial charge in [0.1, 0.15) is 6.54 Å². The van der Waals surface area contributed by atoms with E-state index in [1.807, 2.05) is 0 Å². The quantitative estimate of drug-likeness (QED) is 0.590. The number of carbonyl (C=O) groups excluding carboxylic acids is 1. The topological polar surface area (TPSA) is 104 Å². The standard InChI is InChI=1S/C9H9F2N3O3/c10-4-1-2-5(8(12)7(4)11)14-6(15)3-13-9(16)17/h1-2,13H,3,12H2,(H,14,15)(H,16,17). The molecule has 0 saturated carbocycles. The van der Waals surface area contributed by atoms with Gasteiger partial charge in [0.25, 0.3) is 0 Å². The molecule has 0 atom stereocenters. The Morgan fingerprint density at radius 1 is 1.35 bits per heavy atom. The molecule has 0 heterocycles. The minimum atomic E-state index is -1.38. The Bertz CT molecular complexity index is 465. The van der Waals surface area contributed by atoms with E-state index in [2.05, 4.69) is 5.32 Å². The van der Waals surface area contributed by atoms with Crippen LogP contribution in [0.25, 0.3) is 0 Å². The predicted octanol–water partition coefficient (Wildman–Crippen LogP) is 0.753. The number of nitrogens with one attached hydrogen (secondary N) is 2. The zero-order valence-electron chi connectivity index (χ0n) is 8.46. The van der Waals surface area contributed by atoms with Crippen LogP contribution in [0.1, 0.15) is 0 Å². The molecular formula is C9H9F2N3O3. The summed E-state index contributed by atoms with van der Waals surface area (Å²) in [7, 11) is 0. The lowest BCUT2D eigenvalue weighted by molar-refractivity contribution is -0.115. The van der Waals surface area contributed by atoms with E-state index in [0.717, 1.165) is 12.1 Å². The molecule has 0 fully saturated rings. The van der Waals surface area contributed by atoms with Crippen LogP contribution in [-0.2, 0) is 4.79 Å². The van der Waals surface area contributed by atoms with E-state index in [1.165, 1.54) is 0 Å². The van der Waals surface area contributed by atoms with Crippen molar-refractivity contribution >= 4 is 23.4 Å². The van der Waals surface area contributed by atoms with Crippen LogP contribution in [0.15, 0.2) is 12.1 Å². The lowest BCUT2D eigenvalue weighted by Crippen LogP contribution is -2.31. The molecule has 0 radical (unpaired) electrons. The molecule has 0 saturated heterocycles. The van der Waals surface area contributed by atoms with Crippen molar-refractivity contribution in [2.45, 2.75) is 0 Å². The monoisotopic (exact) mass is 245 g/mol. The van der Waals surface area contributed by atoms with E-state index in [1.54, 1.807) is 5.32 Å². The number of carboxylic acid groups (broad SMARTS) is 1. The largest absolute Gasteiger partial charge is 0.465 e. The highest BCUT2D eigenvalue weighted by Crippen LogP contribution is 2.23. The van der Waals surface area contributed by atoms with E-state index < -0.39 is 35.9 Å². The third-order valence-corrected chi connectivity index (χ3v) is 1.81. The highest BCUT2D eigenvalue weighted by Gasteiger charge is 2.12. The summed E-state index contributed by atoms with van der Waals surface area (Å²) in [6.07, 6.45) is -1.38. The number of hydrogen-bond donors (Lipinski definition) is 4. The molecule has 0 aliphatic carbocycles. The number of anilines is 2. The molecule has 5 N–H and O–H groups in total. The lowest BCUT2D eigenvalue weighted by atomic mass is 10.2. The summed E-state index contributed by atoms with van der Waals surface area (Å²) in [6, 6.07) is 1.87. The molecule has 0 aliphatic heterocycles. The number of rotatable bonds is 3. The molecule has 92 valence electrons. The van der Waals surface area contributed by atoms with Crippen molar-refractivity contribution < 1.29 is 23.5 Å². The fourth-order valence-electron chi connectivity index (χ4n) is 1.03. The third kappa shape index (κ3) is 3.30. The summed E-state index contributed by atoms with van der Waals surface area (Å²) in [4.78, 5) is 21.3. The summed E-state index contributed by atoms with van der Waals surface area (Å²) in [5.41, 5.74) is 4.55. The minimum absolute atomic E-state index is 0.124. The van der Waals surface area contributed by atoms with Gasteiger partial charge >= 0.3 is 6.09 Å². The first-order chi connectivity index (χ1) is 7.91. The first-order valence-corrected chi connectivity index (χ1v) is 4.42. The third-order valence-electron chi connectivity index (χ3n) is 1.81. The molecule has 0 bridgehead atoms. The second-order valence-corrected chi connectivity index (χ2v) is 3.03. The SMILES string of the molecule is Nc1c(NC(=O)CNC(=O)O)ccc(F)c1F. The molecule has 0 unspecified atom stereocenters. The van der Waals surface area contributed by atoms with Crippen molar-refractivity contribution in [3.63, 3.8) is 0 Å². The summed E-state index contributed by atoms with van der Waals surface area (Å²) in [5.74, 6) is -3.15.